The van der Waals surface area contributed by atoms with Gasteiger partial charge in [0.2, 0.25) is 0 Å². The molecule has 5 heteroatoms. The zero-order valence-corrected chi connectivity index (χ0v) is 11.6. The Morgan fingerprint density at radius 1 is 1.21 bits per heavy atom. The van der Waals surface area contributed by atoms with Crippen LogP contribution in [0.3, 0.4) is 0 Å². The van der Waals surface area contributed by atoms with E-state index < -0.39 is 5.82 Å². The van der Waals surface area contributed by atoms with Crippen molar-refractivity contribution in [2.24, 2.45) is 0 Å². The van der Waals surface area contributed by atoms with Gasteiger partial charge in [-0.1, -0.05) is 29.3 Å². The highest BCUT2D eigenvalue weighted by Gasteiger charge is 2.13. The van der Waals surface area contributed by atoms with Crippen molar-refractivity contribution in [2.75, 3.05) is 5.32 Å². The van der Waals surface area contributed by atoms with Crippen LogP contribution < -0.4 is 5.32 Å². The molecule has 2 aromatic carbocycles. The summed E-state index contributed by atoms with van der Waals surface area (Å²) in [6.45, 7) is 1.80. The number of rotatable bonds is 3. The second-order valence-electron chi connectivity index (χ2n) is 4.17. The van der Waals surface area contributed by atoms with Gasteiger partial charge in [-0.3, -0.25) is 0 Å². The van der Waals surface area contributed by atoms with E-state index in [-0.39, 0.29) is 11.8 Å². The van der Waals surface area contributed by atoms with Crippen LogP contribution in [-0.4, -0.2) is 5.11 Å². The smallest absolute Gasteiger partial charge is 0.123 e. The van der Waals surface area contributed by atoms with E-state index >= 15 is 0 Å². The third-order valence-corrected chi connectivity index (χ3v) is 3.60. The van der Waals surface area contributed by atoms with Gasteiger partial charge in [0.25, 0.3) is 0 Å². The summed E-state index contributed by atoms with van der Waals surface area (Å²) in [4.78, 5) is 0. The molecule has 2 N–H and O–H groups in total. The summed E-state index contributed by atoms with van der Waals surface area (Å²) in [5, 5.41) is 13.7. The van der Waals surface area contributed by atoms with Crippen LogP contribution >= 0.6 is 23.2 Å². The average Bonchev–Trinajstić information content (AvgIpc) is 2.38. The number of phenols is 1. The fraction of sp³-hybridized carbons (Fsp3) is 0.143. The fourth-order valence-electron chi connectivity index (χ4n) is 1.80. The van der Waals surface area contributed by atoms with E-state index in [0.29, 0.717) is 21.3 Å². The number of halogens is 3. The summed E-state index contributed by atoms with van der Waals surface area (Å²) < 4.78 is 13.2. The van der Waals surface area contributed by atoms with Crippen molar-refractivity contribution in [3.8, 4) is 5.75 Å². The molecule has 19 heavy (non-hydrogen) atoms. The van der Waals surface area contributed by atoms with Crippen molar-refractivity contribution in [3.05, 3.63) is 57.8 Å². The number of hydrogen-bond acceptors (Lipinski definition) is 2. The van der Waals surface area contributed by atoms with Gasteiger partial charge in [0.1, 0.15) is 11.6 Å². The number of phenolic OH excluding ortho intramolecular Hbond substituents is 1. The van der Waals surface area contributed by atoms with E-state index in [0.717, 1.165) is 0 Å². The van der Waals surface area contributed by atoms with Crippen LogP contribution in [0.25, 0.3) is 0 Å². The van der Waals surface area contributed by atoms with E-state index in [1.807, 2.05) is 0 Å². The highest BCUT2D eigenvalue weighted by atomic mass is 35.5. The monoisotopic (exact) mass is 299 g/mol. The number of benzene rings is 2. The molecule has 0 radical (unpaired) electrons. The molecule has 0 fully saturated rings. The van der Waals surface area contributed by atoms with Gasteiger partial charge >= 0.3 is 0 Å². The van der Waals surface area contributed by atoms with Crippen LogP contribution in [0.5, 0.6) is 5.75 Å². The second kappa shape index (κ2) is 5.68. The molecular formula is C14H12Cl2FNO. The zero-order chi connectivity index (χ0) is 14.0. The van der Waals surface area contributed by atoms with Crippen molar-refractivity contribution in [1.82, 2.24) is 0 Å². The predicted octanol–water partition coefficient (Wildman–Crippen LogP) is 5.01. The molecule has 0 aromatic heterocycles. The summed E-state index contributed by atoms with van der Waals surface area (Å²) in [7, 11) is 0. The van der Waals surface area contributed by atoms with Gasteiger partial charge in [0.05, 0.1) is 21.8 Å². The van der Waals surface area contributed by atoms with E-state index in [1.54, 1.807) is 25.1 Å². The summed E-state index contributed by atoms with van der Waals surface area (Å²) in [6.07, 6.45) is 0. The minimum Gasteiger partial charge on any atom is -0.508 e. The second-order valence-corrected chi connectivity index (χ2v) is 4.96. The Morgan fingerprint density at radius 3 is 2.68 bits per heavy atom. The molecule has 0 saturated carbocycles. The third-order valence-electron chi connectivity index (χ3n) is 2.78. The molecule has 0 aliphatic rings. The van der Waals surface area contributed by atoms with Crippen molar-refractivity contribution in [3.63, 3.8) is 0 Å². The van der Waals surface area contributed by atoms with Crippen molar-refractivity contribution in [1.29, 1.82) is 0 Å². The largest absolute Gasteiger partial charge is 0.508 e. The van der Waals surface area contributed by atoms with E-state index in [1.165, 1.54) is 18.2 Å². The Morgan fingerprint density at radius 2 is 1.95 bits per heavy atom. The summed E-state index contributed by atoms with van der Waals surface area (Å²) in [5.41, 5.74) is 1.08. The lowest BCUT2D eigenvalue weighted by molar-refractivity contribution is 0.462. The van der Waals surface area contributed by atoms with Crippen LogP contribution in [0.4, 0.5) is 10.1 Å². The molecule has 0 saturated heterocycles. The lowest BCUT2D eigenvalue weighted by Crippen LogP contribution is -2.07. The Balaban J connectivity index is 2.28. The lowest BCUT2D eigenvalue weighted by Gasteiger charge is -2.18. The molecule has 2 nitrogen and oxygen atoms in total. The van der Waals surface area contributed by atoms with Crippen molar-refractivity contribution < 1.29 is 9.50 Å². The maximum atomic E-state index is 13.2. The maximum Gasteiger partial charge on any atom is 0.123 e. The van der Waals surface area contributed by atoms with E-state index in [4.69, 9.17) is 23.2 Å². The Hall–Kier alpha value is -1.45. The van der Waals surface area contributed by atoms with Crippen LogP contribution in [0, 0.1) is 5.82 Å². The average molecular weight is 300 g/mol. The number of hydrogen-bond donors (Lipinski definition) is 2. The first-order valence-corrected chi connectivity index (χ1v) is 6.43. The molecule has 0 heterocycles. The third kappa shape index (κ3) is 3.11. The standard InChI is InChI=1S/C14H12Cl2FNO/c1-8(10-7-9(17)5-6-13(10)19)18-12-4-2-3-11(15)14(12)16/h2-8,18-19H,1H3. The maximum absolute atomic E-state index is 13.2. The highest BCUT2D eigenvalue weighted by Crippen LogP contribution is 2.33. The van der Waals surface area contributed by atoms with E-state index in [9.17, 15) is 9.50 Å². The number of nitrogens with one attached hydrogen (secondary N) is 1. The van der Waals surface area contributed by atoms with Gasteiger partial charge in [-0.15, -0.1) is 0 Å². The molecule has 0 spiro atoms. The van der Waals surface area contributed by atoms with Gasteiger partial charge < -0.3 is 10.4 Å². The Labute approximate surface area is 120 Å². The van der Waals surface area contributed by atoms with Gasteiger partial charge in [-0.2, -0.15) is 0 Å². The molecule has 2 aromatic rings. The van der Waals surface area contributed by atoms with Crippen LogP contribution in [0.15, 0.2) is 36.4 Å². The Kier molecular flexibility index (Phi) is 4.17. The van der Waals surface area contributed by atoms with Gasteiger partial charge in [0.15, 0.2) is 0 Å². The van der Waals surface area contributed by atoms with Crippen LogP contribution in [-0.2, 0) is 0 Å². The topological polar surface area (TPSA) is 32.3 Å². The normalized spacial score (nSPS) is 12.2. The lowest BCUT2D eigenvalue weighted by atomic mass is 10.1. The predicted molar refractivity (Wildman–Crippen MR) is 76.6 cm³/mol. The highest BCUT2D eigenvalue weighted by molar-refractivity contribution is 6.43. The molecule has 0 aliphatic heterocycles. The first-order valence-electron chi connectivity index (χ1n) is 5.68. The van der Waals surface area contributed by atoms with Gasteiger partial charge in [-0.25, -0.2) is 4.39 Å². The first kappa shape index (κ1) is 14.0. The molecule has 2 rings (SSSR count). The van der Waals surface area contributed by atoms with Crippen molar-refractivity contribution in [2.45, 2.75) is 13.0 Å². The SMILES string of the molecule is CC(Nc1cccc(Cl)c1Cl)c1cc(F)ccc1O. The molecule has 0 aliphatic carbocycles. The minimum atomic E-state index is -0.404. The molecular weight excluding hydrogens is 288 g/mol. The molecule has 0 bridgehead atoms. The molecule has 1 unspecified atom stereocenters. The van der Waals surface area contributed by atoms with Gasteiger partial charge in [0, 0.05) is 5.56 Å². The summed E-state index contributed by atoms with van der Waals surface area (Å²) in [6, 6.07) is 8.70. The molecule has 100 valence electrons. The molecule has 0 amide bonds. The first-order chi connectivity index (χ1) is 8.99. The fourth-order valence-corrected chi connectivity index (χ4v) is 2.15. The van der Waals surface area contributed by atoms with Crippen LogP contribution in [0.2, 0.25) is 10.0 Å². The minimum absolute atomic E-state index is 0.0274. The van der Waals surface area contributed by atoms with E-state index in [2.05, 4.69) is 5.32 Å². The van der Waals surface area contributed by atoms with Gasteiger partial charge in [-0.05, 0) is 37.3 Å². The molecule has 1 atom stereocenters. The van der Waals surface area contributed by atoms with Crippen LogP contribution in [0.1, 0.15) is 18.5 Å². The Bertz CT molecular complexity index is 604. The summed E-state index contributed by atoms with van der Waals surface area (Å²) >= 11 is 12.0. The number of aromatic hydroxyl groups is 1. The number of anilines is 1. The zero-order valence-electron chi connectivity index (χ0n) is 10.1. The summed E-state index contributed by atoms with van der Waals surface area (Å²) in [5.74, 6) is -0.377. The quantitative estimate of drug-likeness (QED) is 0.835. The van der Waals surface area contributed by atoms with Crippen molar-refractivity contribution >= 4 is 28.9 Å².